The van der Waals surface area contributed by atoms with Crippen molar-refractivity contribution in [2.75, 3.05) is 6.61 Å². The molecule has 80 valence electrons. The van der Waals surface area contributed by atoms with E-state index >= 15 is 0 Å². The summed E-state index contributed by atoms with van der Waals surface area (Å²) in [5.41, 5.74) is 0. The Labute approximate surface area is 86.6 Å². The van der Waals surface area contributed by atoms with E-state index in [1.165, 1.54) is 18.9 Å². The van der Waals surface area contributed by atoms with Crippen molar-refractivity contribution < 1.29 is 9.53 Å². The van der Waals surface area contributed by atoms with Gasteiger partial charge in [0.1, 0.15) is 0 Å². The van der Waals surface area contributed by atoms with Gasteiger partial charge in [-0.2, -0.15) is 0 Å². The predicted molar refractivity (Wildman–Crippen MR) is 59.1 cm³/mol. The molecule has 0 unspecified atom stereocenters. The molecule has 0 heterocycles. The summed E-state index contributed by atoms with van der Waals surface area (Å²) < 4.78 is 4.74. The molecule has 2 heteroatoms. The molecule has 14 heavy (non-hydrogen) atoms. The lowest BCUT2D eigenvalue weighted by Crippen LogP contribution is -1.98. The molecule has 0 atom stereocenters. The average molecular weight is 196 g/mol. The molecular formula is C12H20O2. The normalized spacial score (nSPS) is 11.3. The maximum absolute atomic E-state index is 10.8. The Morgan fingerprint density at radius 1 is 1.21 bits per heavy atom. The first-order chi connectivity index (χ1) is 6.81. The van der Waals surface area contributed by atoms with Gasteiger partial charge in [-0.25, -0.2) is 4.79 Å². The maximum Gasteiger partial charge on any atom is 0.330 e. The van der Waals surface area contributed by atoms with Crippen LogP contribution in [-0.4, -0.2) is 12.6 Å². The molecule has 0 amide bonds. The lowest BCUT2D eigenvalue weighted by atomic mass is 10.2. The molecule has 0 spiro atoms. The van der Waals surface area contributed by atoms with Crippen molar-refractivity contribution in [1.82, 2.24) is 0 Å². The molecular weight excluding hydrogens is 176 g/mol. The third-order valence-corrected chi connectivity index (χ3v) is 1.70. The van der Waals surface area contributed by atoms with Crippen molar-refractivity contribution in [1.29, 1.82) is 0 Å². The fourth-order valence-corrected chi connectivity index (χ4v) is 0.969. The Bertz CT molecular complexity index is 192. The fraction of sp³-hybridized carbons (Fsp3) is 0.583. The minimum absolute atomic E-state index is 0.255. The third kappa shape index (κ3) is 9.04. The van der Waals surface area contributed by atoms with Crippen LogP contribution in [0.1, 0.15) is 39.5 Å². The van der Waals surface area contributed by atoms with E-state index in [9.17, 15) is 4.79 Å². The van der Waals surface area contributed by atoms with Gasteiger partial charge in [0.15, 0.2) is 0 Å². The van der Waals surface area contributed by atoms with E-state index in [0.29, 0.717) is 6.61 Å². The smallest absolute Gasteiger partial charge is 0.330 e. The van der Waals surface area contributed by atoms with Crippen molar-refractivity contribution in [3.05, 3.63) is 24.3 Å². The number of allylic oxidation sites excluding steroid dienone is 3. The first-order valence-electron chi connectivity index (χ1n) is 5.29. The summed E-state index contributed by atoms with van der Waals surface area (Å²) in [6.07, 6.45) is 11.9. The van der Waals surface area contributed by atoms with Crippen LogP contribution >= 0.6 is 0 Å². The molecule has 0 radical (unpaired) electrons. The molecule has 0 aromatic carbocycles. The zero-order chi connectivity index (χ0) is 10.6. The van der Waals surface area contributed by atoms with Gasteiger partial charge in [0.2, 0.25) is 0 Å². The molecule has 0 fully saturated rings. The molecule has 0 N–H and O–H groups in total. The summed E-state index contributed by atoms with van der Waals surface area (Å²) in [6, 6.07) is 0. The van der Waals surface area contributed by atoms with E-state index in [0.717, 1.165) is 12.8 Å². The summed E-state index contributed by atoms with van der Waals surface area (Å²) in [5.74, 6) is -0.255. The van der Waals surface area contributed by atoms with Crippen LogP contribution in [0.2, 0.25) is 0 Å². The second-order valence-electron chi connectivity index (χ2n) is 3.00. The van der Waals surface area contributed by atoms with E-state index in [4.69, 9.17) is 4.74 Å². The Morgan fingerprint density at radius 2 is 2.00 bits per heavy atom. The Hall–Kier alpha value is -1.05. The predicted octanol–water partition coefficient (Wildman–Crippen LogP) is 3.24. The van der Waals surface area contributed by atoms with Gasteiger partial charge in [-0.05, 0) is 19.8 Å². The van der Waals surface area contributed by atoms with Gasteiger partial charge in [0.05, 0.1) is 6.61 Å². The number of rotatable bonds is 7. The number of hydrogen-bond acceptors (Lipinski definition) is 2. The monoisotopic (exact) mass is 196 g/mol. The van der Waals surface area contributed by atoms with Gasteiger partial charge in [-0.15, -0.1) is 0 Å². The Balaban J connectivity index is 3.42. The summed E-state index contributed by atoms with van der Waals surface area (Å²) in [7, 11) is 0. The molecule has 0 rings (SSSR count). The summed E-state index contributed by atoms with van der Waals surface area (Å²) in [6.45, 7) is 4.42. The van der Waals surface area contributed by atoms with Crippen molar-refractivity contribution >= 4 is 5.97 Å². The molecule has 0 aromatic heterocycles. The molecule has 0 aliphatic rings. The van der Waals surface area contributed by atoms with Gasteiger partial charge in [0.25, 0.3) is 0 Å². The van der Waals surface area contributed by atoms with Crippen LogP contribution in [0.3, 0.4) is 0 Å². The summed E-state index contributed by atoms with van der Waals surface area (Å²) in [4.78, 5) is 10.8. The number of carbonyl (C=O) groups is 1. The molecule has 0 saturated carbocycles. The van der Waals surface area contributed by atoms with E-state index in [1.807, 2.05) is 6.08 Å². The van der Waals surface area contributed by atoms with Gasteiger partial charge in [0, 0.05) is 6.08 Å². The highest BCUT2D eigenvalue weighted by Crippen LogP contribution is 1.96. The first-order valence-corrected chi connectivity index (χ1v) is 5.29. The van der Waals surface area contributed by atoms with Gasteiger partial charge in [-0.3, -0.25) is 0 Å². The van der Waals surface area contributed by atoms with Crippen LogP contribution in [0.5, 0.6) is 0 Å². The standard InChI is InChI=1S/C12H20O2/c1-3-5-6-7-8-9-10-11-12(13)14-4-2/h7-8,10-11H,3-6,9H2,1-2H3/b8-7+,11-10+. The van der Waals surface area contributed by atoms with Gasteiger partial charge in [-0.1, -0.05) is 38.0 Å². The van der Waals surface area contributed by atoms with Crippen LogP contribution < -0.4 is 0 Å². The Morgan fingerprint density at radius 3 is 2.64 bits per heavy atom. The van der Waals surface area contributed by atoms with Crippen molar-refractivity contribution in [2.45, 2.75) is 39.5 Å². The van der Waals surface area contributed by atoms with E-state index in [1.54, 1.807) is 6.92 Å². The maximum atomic E-state index is 10.8. The molecule has 0 aromatic rings. The van der Waals surface area contributed by atoms with Crippen molar-refractivity contribution in [3.63, 3.8) is 0 Å². The minimum Gasteiger partial charge on any atom is -0.463 e. The SMILES string of the molecule is CCCC/C=C/C/C=C/C(=O)OCC. The topological polar surface area (TPSA) is 26.3 Å². The molecule has 0 aliphatic heterocycles. The number of unbranched alkanes of at least 4 members (excludes halogenated alkanes) is 2. The molecule has 0 aliphatic carbocycles. The zero-order valence-corrected chi connectivity index (χ0v) is 9.16. The summed E-state index contributed by atoms with van der Waals surface area (Å²) >= 11 is 0. The quantitative estimate of drug-likeness (QED) is 0.270. The lowest BCUT2D eigenvalue weighted by molar-refractivity contribution is -0.137. The fourth-order valence-electron chi connectivity index (χ4n) is 0.969. The highest BCUT2D eigenvalue weighted by atomic mass is 16.5. The minimum atomic E-state index is -0.255. The Kier molecular flexibility index (Phi) is 9.28. The van der Waals surface area contributed by atoms with E-state index in [2.05, 4.69) is 19.1 Å². The van der Waals surface area contributed by atoms with Crippen molar-refractivity contribution in [3.8, 4) is 0 Å². The van der Waals surface area contributed by atoms with Crippen LogP contribution in [0.25, 0.3) is 0 Å². The second-order valence-corrected chi connectivity index (χ2v) is 3.00. The van der Waals surface area contributed by atoms with Crippen LogP contribution in [0, 0.1) is 0 Å². The third-order valence-electron chi connectivity index (χ3n) is 1.70. The highest BCUT2D eigenvalue weighted by molar-refractivity contribution is 5.81. The van der Waals surface area contributed by atoms with Gasteiger partial charge < -0.3 is 4.74 Å². The lowest BCUT2D eigenvalue weighted by Gasteiger charge is -1.93. The zero-order valence-electron chi connectivity index (χ0n) is 9.16. The summed E-state index contributed by atoms with van der Waals surface area (Å²) in [5, 5.41) is 0. The largest absolute Gasteiger partial charge is 0.463 e. The first kappa shape index (κ1) is 12.9. The molecule has 0 saturated heterocycles. The number of hydrogen-bond donors (Lipinski definition) is 0. The molecule has 0 bridgehead atoms. The van der Waals surface area contributed by atoms with Gasteiger partial charge >= 0.3 is 5.97 Å². The number of esters is 1. The van der Waals surface area contributed by atoms with E-state index < -0.39 is 0 Å². The highest BCUT2D eigenvalue weighted by Gasteiger charge is 1.90. The second kappa shape index (κ2) is 10.0. The van der Waals surface area contributed by atoms with Crippen LogP contribution in [0.4, 0.5) is 0 Å². The van der Waals surface area contributed by atoms with Crippen molar-refractivity contribution in [2.24, 2.45) is 0 Å². The number of ether oxygens (including phenoxy) is 1. The van der Waals surface area contributed by atoms with Crippen LogP contribution in [-0.2, 0) is 9.53 Å². The van der Waals surface area contributed by atoms with E-state index in [-0.39, 0.29) is 5.97 Å². The van der Waals surface area contributed by atoms with Crippen LogP contribution in [0.15, 0.2) is 24.3 Å². The average Bonchev–Trinajstić information content (AvgIpc) is 2.17. The molecule has 2 nitrogen and oxygen atoms in total. The number of carbonyl (C=O) groups excluding carboxylic acids is 1.